The first kappa shape index (κ1) is 24.2. The van der Waals surface area contributed by atoms with Crippen LogP contribution >= 0.6 is 0 Å². The van der Waals surface area contributed by atoms with E-state index in [-0.39, 0.29) is 11.3 Å². The zero-order chi connectivity index (χ0) is 24.6. The fourth-order valence-electron chi connectivity index (χ4n) is 7.40. The summed E-state index contributed by atoms with van der Waals surface area (Å²) in [7, 11) is -1.44. The highest BCUT2D eigenvalue weighted by molar-refractivity contribution is 6.58. The number of carbonyl (C=O) groups excluding carboxylic acids is 2. The Bertz CT molecular complexity index is 1090. The number of ketones is 1. The van der Waals surface area contributed by atoms with E-state index in [0.717, 1.165) is 44.1 Å². The van der Waals surface area contributed by atoms with Crippen molar-refractivity contribution in [1.29, 1.82) is 0 Å². The fraction of sp³-hybridized carbons (Fsp3) is 0.536. The predicted octanol–water partition coefficient (Wildman–Crippen LogP) is 2.90. The predicted molar refractivity (Wildman–Crippen MR) is 135 cm³/mol. The van der Waals surface area contributed by atoms with Crippen LogP contribution in [0.15, 0.2) is 42.7 Å². The summed E-state index contributed by atoms with van der Waals surface area (Å²) in [6.45, 7) is 2.69. The summed E-state index contributed by atoms with van der Waals surface area (Å²) in [4.78, 5) is 29.7. The first-order valence-corrected chi connectivity index (χ1v) is 13.0. The molecule has 0 bridgehead atoms. The Morgan fingerprint density at radius 3 is 2.89 bits per heavy atom. The summed E-state index contributed by atoms with van der Waals surface area (Å²) in [6, 6.07) is 9.69. The molecule has 3 aliphatic rings. The number of hydrogen-bond acceptors (Lipinski definition) is 5. The number of fused-ring (bicyclic) bond motifs is 5. The smallest absolute Gasteiger partial charge is 0.423 e. The molecule has 0 spiro atoms. The number of Topliss-reactive ketones (excluding diaryl/α,β-unsaturated/α-hetero) is 1. The highest BCUT2D eigenvalue weighted by Crippen LogP contribution is 2.62. The van der Waals surface area contributed by atoms with Crippen molar-refractivity contribution in [1.82, 2.24) is 10.3 Å². The van der Waals surface area contributed by atoms with E-state index in [9.17, 15) is 19.6 Å². The molecule has 6 nitrogen and oxygen atoms in total. The minimum Gasteiger partial charge on any atom is -0.423 e. The summed E-state index contributed by atoms with van der Waals surface area (Å²) >= 11 is 0. The van der Waals surface area contributed by atoms with Crippen molar-refractivity contribution in [3.05, 3.63) is 59.4 Å². The summed E-state index contributed by atoms with van der Waals surface area (Å²) in [5.41, 5.74) is 3.86. The molecule has 5 rings (SSSR count). The van der Waals surface area contributed by atoms with Crippen molar-refractivity contribution in [3.63, 3.8) is 0 Å². The Balaban J connectivity index is 1.24. The van der Waals surface area contributed by atoms with E-state index in [1.54, 1.807) is 12.4 Å². The van der Waals surface area contributed by atoms with E-state index in [1.165, 1.54) is 11.1 Å². The molecule has 0 saturated heterocycles. The van der Waals surface area contributed by atoms with Gasteiger partial charge in [0.2, 0.25) is 5.91 Å². The number of nitrogens with zero attached hydrogens (tertiary/aromatic N) is 1. The third-order valence-corrected chi connectivity index (χ3v) is 9.08. The van der Waals surface area contributed by atoms with Crippen LogP contribution in [0.25, 0.3) is 0 Å². The second-order valence-corrected chi connectivity index (χ2v) is 11.0. The second kappa shape index (κ2) is 9.86. The van der Waals surface area contributed by atoms with Gasteiger partial charge in [-0.2, -0.15) is 0 Å². The van der Waals surface area contributed by atoms with Crippen LogP contribution in [0.2, 0.25) is 0 Å². The molecule has 2 fully saturated rings. The monoisotopic (exact) mass is 474 g/mol. The molecule has 3 N–H and O–H groups in total. The maximum Gasteiger partial charge on any atom is 0.488 e. The number of aryl methyl sites for hydroxylation is 1. The number of nitrogens with one attached hydrogen (secondary N) is 1. The Kier molecular flexibility index (Phi) is 6.82. The van der Waals surface area contributed by atoms with E-state index in [2.05, 4.69) is 23.3 Å². The van der Waals surface area contributed by atoms with Crippen LogP contribution in [0.5, 0.6) is 0 Å². The van der Waals surface area contributed by atoms with Crippen LogP contribution in [-0.4, -0.2) is 33.8 Å². The number of hydrogen-bond donors (Lipinski definition) is 3. The molecule has 1 heterocycles. The topological polar surface area (TPSA) is 99.5 Å². The average molecular weight is 474 g/mol. The van der Waals surface area contributed by atoms with Crippen molar-refractivity contribution in [2.24, 2.45) is 23.2 Å². The van der Waals surface area contributed by atoms with E-state index in [4.69, 9.17) is 0 Å². The summed E-state index contributed by atoms with van der Waals surface area (Å²) in [6.07, 6.45) is 10.2. The van der Waals surface area contributed by atoms with Gasteiger partial charge in [0, 0.05) is 37.2 Å². The van der Waals surface area contributed by atoms with Crippen molar-refractivity contribution < 1.29 is 19.6 Å². The van der Waals surface area contributed by atoms with Gasteiger partial charge in [-0.15, -0.1) is 0 Å². The molecule has 5 atom stereocenters. The normalized spacial score (nSPS) is 29.2. The number of amides is 1. The van der Waals surface area contributed by atoms with Gasteiger partial charge in [0.15, 0.2) is 0 Å². The van der Waals surface area contributed by atoms with Crippen molar-refractivity contribution in [3.8, 4) is 0 Å². The van der Waals surface area contributed by atoms with Gasteiger partial charge in [0.25, 0.3) is 0 Å². The van der Waals surface area contributed by atoms with Crippen LogP contribution in [0.1, 0.15) is 74.5 Å². The lowest BCUT2D eigenvalue weighted by Gasteiger charge is -2.50. The molecule has 35 heavy (non-hydrogen) atoms. The Labute approximate surface area is 207 Å². The molecular weight excluding hydrogens is 439 g/mol. The van der Waals surface area contributed by atoms with Gasteiger partial charge < -0.3 is 15.4 Å². The number of benzene rings is 1. The molecule has 2 aromatic rings. The molecule has 0 unspecified atom stereocenters. The van der Waals surface area contributed by atoms with Gasteiger partial charge in [-0.05, 0) is 90.4 Å². The Hall–Kier alpha value is -2.51. The highest BCUT2D eigenvalue weighted by atomic mass is 16.4. The number of rotatable bonds is 7. The van der Waals surface area contributed by atoms with Gasteiger partial charge in [-0.3, -0.25) is 14.6 Å². The molecular formula is C28H35BN2O4. The minimum absolute atomic E-state index is 0.0518. The quantitative estimate of drug-likeness (QED) is 0.536. The lowest BCUT2D eigenvalue weighted by molar-refractivity contribution is -0.129. The molecule has 1 aromatic carbocycles. The third-order valence-electron chi connectivity index (χ3n) is 9.08. The number of aromatic nitrogens is 1. The lowest BCUT2D eigenvalue weighted by Crippen LogP contribution is -2.44. The van der Waals surface area contributed by atoms with Crippen LogP contribution in [0.3, 0.4) is 0 Å². The molecule has 7 heteroatoms. The first-order chi connectivity index (χ1) is 16.9. The fourth-order valence-corrected chi connectivity index (χ4v) is 7.40. The zero-order valence-corrected chi connectivity index (χ0v) is 20.5. The Morgan fingerprint density at radius 2 is 2.11 bits per heavy atom. The molecule has 3 aliphatic carbocycles. The van der Waals surface area contributed by atoms with E-state index in [1.807, 2.05) is 24.3 Å². The molecule has 0 aliphatic heterocycles. The SMILES string of the molecule is C[C@]12CC[C@@H]3c4ccc(B(O)O)cc4CC[C@H]3[C@@H]1[C@@H](CCCC(=O)NCc1cccnc1)CC2=O. The third kappa shape index (κ3) is 4.68. The highest BCUT2D eigenvalue weighted by Gasteiger charge is 2.58. The summed E-state index contributed by atoms with van der Waals surface area (Å²) < 4.78 is 0. The van der Waals surface area contributed by atoms with Crippen molar-refractivity contribution in [2.75, 3.05) is 0 Å². The average Bonchev–Trinajstić information content (AvgIpc) is 3.12. The van der Waals surface area contributed by atoms with Gasteiger partial charge in [-0.25, -0.2) is 0 Å². The number of carbonyl (C=O) groups is 2. The van der Waals surface area contributed by atoms with Gasteiger partial charge in [0.1, 0.15) is 5.78 Å². The largest absolute Gasteiger partial charge is 0.488 e. The maximum absolute atomic E-state index is 13.2. The van der Waals surface area contributed by atoms with Crippen LogP contribution in [0.4, 0.5) is 0 Å². The van der Waals surface area contributed by atoms with Crippen LogP contribution < -0.4 is 10.8 Å². The first-order valence-electron chi connectivity index (χ1n) is 13.0. The molecule has 2 saturated carbocycles. The molecule has 0 radical (unpaired) electrons. The summed E-state index contributed by atoms with van der Waals surface area (Å²) in [5, 5.41) is 22.1. The minimum atomic E-state index is -1.44. The van der Waals surface area contributed by atoms with Crippen molar-refractivity contribution >= 4 is 24.3 Å². The van der Waals surface area contributed by atoms with Crippen molar-refractivity contribution in [2.45, 2.75) is 70.8 Å². The van der Waals surface area contributed by atoms with E-state index < -0.39 is 7.12 Å². The lowest BCUT2D eigenvalue weighted by atomic mass is 9.53. The molecule has 1 amide bonds. The van der Waals surface area contributed by atoms with E-state index >= 15 is 0 Å². The Morgan fingerprint density at radius 1 is 1.26 bits per heavy atom. The zero-order valence-electron chi connectivity index (χ0n) is 20.5. The van der Waals surface area contributed by atoms with Crippen LogP contribution in [0, 0.1) is 23.2 Å². The van der Waals surface area contributed by atoms with E-state index in [0.29, 0.717) is 54.3 Å². The standard InChI is InChI=1S/C28H35BN2O4/c1-28-12-11-23-22-10-8-21(29(34)35)14-19(22)7-9-24(23)27(28)20(15-25(28)32)5-2-6-26(33)31-17-18-4-3-13-30-16-18/h3-4,8,10,13-14,16,20,23-24,27,34-35H,2,5-7,9,11-12,15,17H2,1H3,(H,31,33)/t20-,23+,24+,27-,28+/m0/s1. The van der Waals surface area contributed by atoms with Gasteiger partial charge in [0.05, 0.1) is 0 Å². The van der Waals surface area contributed by atoms with Gasteiger partial charge in [-0.1, -0.05) is 31.2 Å². The summed E-state index contributed by atoms with van der Waals surface area (Å²) in [5.74, 6) is 2.07. The molecule has 184 valence electrons. The van der Waals surface area contributed by atoms with Crippen LogP contribution in [-0.2, 0) is 22.6 Å². The number of pyridine rings is 1. The second-order valence-electron chi connectivity index (χ2n) is 11.0. The maximum atomic E-state index is 13.2. The molecule has 1 aromatic heterocycles. The van der Waals surface area contributed by atoms with Gasteiger partial charge >= 0.3 is 7.12 Å².